The zero-order valence-corrected chi connectivity index (χ0v) is 17.5. The second kappa shape index (κ2) is 11.0. The standard InChI is InChI=1S/C24H26N2O5/c1-30-21-10-6-5-9-20(21)24(29)25-14-11-23(28)31-17-22(27)26-15-12-19(13-16-26)18-7-3-2-4-8-18/h2-10,12H,11,13-17H2,1H3,(H,25,29). The molecule has 2 aromatic rings. The van der Waals surface area contributed by atoms with Crippen molar-refractivity contribution in [2.45, 2.75) is 12.8 Å². The van der Waals surface area contributed by atoms with E-state index in [1.165, 1.54) is 12.7 Å². The summed E-state index contributed by atoms with van der Waals surface area (Å²) >= 11 is 0. The first kappa shape index (κ1) is 22.1. The van der Waals surface area contributed by atoms with Crippen LogP contribution in [0.25, 0.3) is 5.57 Å². The Hall–Kier alpha value is -3.61. The number of amides is 2. The molecule has 0 fully saturated rings. The van der Waals surface area contributed by atoms with Gasteiger partial charge in [0.2, 0.25) is 0 Å². The van der Waals surface area contributed by atoms with Crippen LogP contribution in [0.15, 0.2) is 60.7 Å². The number of rotatable bonds is 8. The Morgan fingerprint density at radius 3 is 2.48 bits per heavy atom. The third-order valence-electron chi connectivity index (χ3n) is 5.03. The van der Waals surface area contributed by atoms with Gasteiger partial charge in [-0.2, -0.15) is 0 Å². The normalized spacial score (nSPS) is 13.2. The number of methoxy groups -OCH3 is 1. The van der Waals surface area contributed by atoms with Gasteiger partial charge in [-0.15, -0.1) is 0 Å². The van der Waals surface area contributed by atoms with Crippen LogP contribution >= 0.6 is 0 Å². The molecule has 7 heteroatoms. The number of carbonyl (C=O) groups excluding carboxylic acids is 3. The fraction of sp³-hybridized carbons (Fsp3) is 0.292. The molecule has 0 aromatic heterocycles. The topological polar surface area (TPSA) is 84.9 Å². The molecule has 1 heterocycles. The zero-order valence-electron chi connectivity index (χ0n) is 17.5. The maximum atomic E-state index is 12.3. The highest BCUT2D eigenvalue weighted by molar-refractivity contribution is 5.97. The van der Waals surface area contributed by atoms with Gasteiger partial charge in [0, 0.05) is 19.6 Å². The molecular weight excluding hydrogens is 396 g/mol. The van der Waals surface area contributed by atoms with Gasteiger partial charge < -0.3 is 19.7 Å². The molecule has 0 radical (unpaired) electrons. The lowest BCUT2D eigenvalue weighted by atomic mass is 10.00. The molecule has 1 aliphatic rings. The minimum absolute atomic E-state index is 0.0216. The van der Waals surface area contributed by atoms with Crippen molar-refractivity contribution in [3.05, 3.63) is 71.8 Å². The van der Waals surface area contributed by atoms with Crippen LogP contribution in [0.3, 0.4) is 0 Å². The predicted molar refractivity (Wildman–Crippen MR) is 117 cm³/mol. The summed E-state index contributed by atoms with van der Waals surface area (Å²) in [7, 11) is 1.49. The lowest BCUT2D eigenvalue weighted by molar-refractivity contribution is -0.151. The van der Waals surface area contributed by atoms with Gasteiger partial charge in [-0.3, -0.25) is 14.4 Å². The number of nitrogens with one attached hydrogen (secondary N) is 1. The van der Waals surface area contributed by atoms with Crippen molar-refractivity contribution in [2.24, 2.45) is 0 Å². The number of para-hydroxylation sites is 1. The quantitative estimate of drug-likeness (QED) is 0.661. The van der Waals surface area contributed by atoms with Crippen LogP contribution in [-0.4, -0.2) is 56.0 Å². The first-order valence-corrected chi connectivity index (χ1v) is 10.2. The van der Waals surface area contributed by atoms with E-state index in [-0.39, 0.29) is 31.4 Å². The number of carbonyl (C=O) groups is 3. The summed E-state index contributed by atoms with van der Waals surface area (Å²) in [4.78, 5) is 38.1. The third kappa shape index (κ3) is 6.18. The summed E-state index contributed by atoms with van der Waals surface area (Å²) in [6.07, 6.45) is 2.77. The van der Waals surface area contributed by atoms with Crippen molar-refractivity contribution in [3.63, 3.8) is 0 Å². The van der Waals surface area contributed by atoms with E-state index in [4.69, 9.17) is 9.47 Å². The van der Waals surface area contributed by atoms with Gasteiger partial charge >= 0.3 is 5.97 Å². The lowest BCUT2D eigenvalue weighted by Gasteiger charge is -2.26. The lowest BCUT2D eigenvalue weighted by Crippen LogP contribution is -2.37. The zero-order chi connectivity index (χ0) is 22.1. The van der Waals surface area contributed by atoms with Crippen molar-refractivity contribution in [1.29, 1.82) is 0 Å². The SMILES string of the molecule is COc1ccccc1C(=O)NCCC(=O)OCC(=O)N1CC=C(c2ccccc2)CC1. The first-order valence-electron chi connectivity index (χ1n) is 10.2. The van der Waals surface area contributed by atoms with E-state index in [0.29, 0.717) is 24.4 Å². The molecule has 162 valence electrons. The molecule has 3 rings (SSSR count). The van der Waals surface area contributed by atoms with Gasteiger partial charge in [-0.05, 0) is 29.7 Å². The van der Waals surface area contributed by atoms with E-state index in [1.54, 1.807) is 29.2 Å². The molecule has 1 aliphatic heterocycles. The monoisotopic (exact) mass is 422 g/mol. The van der Waals surface area contributed by atoms with Gasteiger partial charge in [0.15, 0.2) is 6.61 Å². The Kier molecular flexibility index (Phi) is 7.81. The Balaban J connectivity index is 1.37. The Labute approximate surface area is 181 Å². The highest BCUT2D eigenvalue weighted by atomic mass is 16.5. The highest BCUT2D eigenvalue weighted by Gasteiger charge is 2.19. The molecule has 1 N–H and O–H groups in total. The highest BCUT2D eigenvalue weighted by Crippen LogP contribution is 2.22. The van der Waals surface area contributed by atoms with Crippen molar-refractivity contribution < 1.29 is 23.9 Å². The Bertz CT molecular complexity index is 955. The van der Waals surface area contributed by atoms with E-state index >= 15 is 0 Å². The molecular formula is C24H26N2O5. The largest absolute Gasteiger partial charge is 0.496 e. The minimum atomic E-state index is -0.536. The van der Waals surface area contributed by atoms with Crippen molar-refractivity contribution in [1.82, 2.24) is 10.2 Å². The summed E-state index contributed by atoms with van der Waals surface area (Å²) < 4.78 is 10.2. The molecule has 2 aromatic carbocycles. The van der Waals surface area contributed by atoms with Crippen LogP contribution in [0.1, 0.15) is 28.8 Å². The maximum absolute atomic E-state index is 12.3. The van der Waals surface area contributed by atoms with Crippen LogP contribution in [0.4, 0.5) is 0 Å². The van der Waals surface area contributed by atoms with Gasteiger partial charge in [0.05, 0.1) is 19.1 Å². The summed E-state index contributed by atoms with van der Waals surface area (Å²) in [5.74, 6) is -0.643. The number of benzene rings is 2. The van der Waals surface area contributed by atoms with Crippen LogP contribution in [0.5, 0.6) is 5.75 Å². The van der Waals surface area contributed by atoms with Crippen molar-refractivity contribution in [2.75, 3.05) is 33.4 Å². The molecule has 0 saturated carbocycles. The first-order chi connectivity index (χ1) is 15.1. The molecule has 31 heavy (non-hydrogen) atoms. The molecule has 0 aliphatic carbocycles. The molecule has 0 unspecified atom stereocenters. The number of hydrogen-bond donors (Lipinski definition) is 1. The number of hydrogen-bond acceptors (Lipinski definition) is 5. The van der Waals surface area contributed by atoms with E-state index < -0.39 is 5.97 Å². The van der Waals surface area contributed by atoms with E-state index in [1.807, 2.05) is 24.3 Å². The Morgan fingerprint density at radius 1 is 1.03 bits per heavy atom. The average Bonchev–Trinajstić information content (AvgIpc) is 2.83. The molecule has 0 saturated heterocycles. The van der Waals surface area contributed by atoms with E-state index in [2.05, 4.69) is 17.4 Å². The molecule has 2 amide bonds. The van der Waals surface area contributed by atoms with Gasteiger partial charge in [0.1, 0.15) is 5.75 Å². The van der Waals surface area contributed by atoms with Crippen LogP contribution in [-0.2, 0) is 14.3 Å². The summed E-state index contributed by atoms with van der Waals surface area (Å²) in [6, 6.07) is 16.9. The number of ether oxygens (including phenoxy) is 2. The molecule has 0 atom stereocenters. The predicted octanol–water partition coefficient (Wildman–Crippen LogP) is 2.67. The molecule has 7 nitrogen and oxygen atoms in total. The summed E-state index contributed by atoms with van der Waals surface area (Å²) in [5.41, 5.74) is 2.77. The van der Waals surface area contributed by atoms with Crippen molar-refractivity contribution in [3.8, 4) is 5.75 Å². The third-order valence-corrected chi connectivity index (χ3v) is 5.03. The molecule has 0 spiro atoms. The van der Waals surface area contributed by atoms with Gasteiger partial charge in [0.25, 0.3) is 11.8 Å². The maximum Gasteiger partial charge on any atom is 0.308 e. The van der Waals surface area contributed by atoms with E-state index in [9.17, 15) is 14.4 Å². The van der Waals surface area contributed by atoms with Crippen LogP contribution < -0.4 is 10.1 Å². The average molecular weight is 422 g/mol. The molecule has 0 bridgehead atoms. The fourth-order valence-electron chi connectivity index (χ4n) is 3.32. The van der Waals surface area contributed by atoms with Crippen molar-refractivity contribution >= 4 is 23.4 Å². The summed E-state index contributed by atoms with van der Waals surface area (Å²) in [6.45, 7) is 0.895. The smallest absolute Gasteiger partial charge is 0.308 e. The second-order valence-corrected chi connectivity index (χ2v) is 7.05. The summed E-state index contributed by atoms with van der Waals surface area (Å²) in [5, 5.41) is 2.65. The van der Waals surface area contributed by atoms with Gasteiger partial charge in [-0.1, -0.05) is 48.5 Å². The van der Waals surface area contributed by atoms with Gasteiger partial charge in [-0.25, -0.2) is 0 Å². The second-order valence-electron chi connectivity index (χ2n) is 7.05. The minimum Gasteiger partial charge on any atom is -0.496 e. The Morgan fingerprint density at radius 2 is 1.77 bits per heavy atom. The van der Waals surface area contributed by atoms with Crippen LogP contribution in [0, 0.1) is 0 Å². The number of esters is 1. The van der Waals surface area contributed by atoms with Crippen LogP contribution in [0.2, 0.25) is 0 Å². The fourth-order valence-corrected chi connectivity index (χ4v) is 3.32. The number of nitrogens with zero attached hydrogens (tertiary/aromatic N) is 1. The van der Waals surface area contributed by atoms with E-state index in [0.717, 1.165) is 12.0 Å².